The van der Waals surface area contributed by atoms with Crippen LogP contribution < -0.4 is 5.56 Å². The molecule has 94 valence electrons. The first kappa shape index (κ1) is 12.9. The van der Waals surface area contributed by atoms with E-state index in [9.17, 15) is 13.6 Å². The first-order chi connectivity index (χ1) is 8.50. The van der Waals surface area contributed by atoms with Crippen LogP contribution in [0.2, 0.25) is 0 Å². The van der Waals surface area contributed by atoms with E-state index in [1.54, 1.807) is 6.92 Å². The largest absolute Gasteiger partial charge is 0.294 e. The van der Waals surface area contributed by atoms with Gasteiger partial charge in [-0.1, -0.05) is 6.07 Å². The molecule has 0 aliphatic rings. The van der Waals surface area contributed by atoms with Gasteiger partial charge in [-0.25, -0.2) is 13.8 Å². The van der Waals surface area contributed by atoms with Crippen LogP contribution in [-0.2, 0) is 6.54 Å². The van der Waals surface area contributed by atoms with Gasteiger partial charge in [-0.2, -0.15) is 0 Å². The van der Waals surface area contributed by atoms with Crippen molar-refractivity contribution >= 4 is 15.9 Å². The van der Waals surface area contributed by atoms with Gasteiger partial charge in [0.1, 0.15) is 16.1 Å². The summed E-state index contributed by atoms with van der Waals surface area (Å²) in [5.74, 6) is -1.36. The Labute approximate surface area is 110 Å². The maximum Gasteiger partial charge on any atom is 0.268 e. The van der Waals surface area contributed by atoms with Gasteiger partial charge in [0.15, 0.2) is 0 Å². The molecule has 6 heteroatoms. The van der Waals surface area contributed by atoms with E-state index in [4.69, 9.17) is 0 Å². The summed E-state index contributed by atoms with van der Waals surface area (Å²) < 4.78 is 28.4. The molecule has 0 spiro atoms. The predicted molar refractivity (Wildman–Crippen MR) is 66.4 cm³/mol. The van der Waals surface area contributed by atoms with Crippen molar-refractivity contribution in [3.8, 4) is 0 Å². The topological polar surface area (TPSA) is 34.9 Å². The van der Waals surface area contributed by atoms with Crippen LogP contribution in [0.25, 0.3) is 0 Å². The number of aryl methyl sites for hydroxylation is 1. The predicted octanol–water partition coefficient (Wildman–Crippen LogP) is 2.64. The number of halogens is 3. The molecule has 1 aromatic heterocycles. The van der Waals surface area contributed by atoms with Crippen LogP contribution in [0.3, 0.4) is 0 Å². The Morgan fingerprint density at radius 3 is 2.56 bits per heavy atom. The minimum atomic E-state index is -0.682. The van der Waals surface area contributed by atoms with E-state index in [0.717, 1.165) is 16.7 Å². The highest BCUT2D eigenvalue weighted by Crippen LogP contribution is 2.13. The molecule has 0 unspecified atom stereocenters. The number of aromatic nitrogens is 2. The summed E-state index contributed by atoms with van der Waals surface area (Å²) in [7, 11) is 0. The Kier molecular flexibility index (Phi) is 3.56. The Hall–Kier alpha value is -1.56. The molecule has 18 heavy (non-hydrogen) atoms. The maximum atomic E-state index is 13.5. The molecule has 0 amide bonds. The van der Waals surface area contributed by atoms with Crippen molar-refractivity contribution < 1.29 is 8.78 Å². The van der Waals surface area contributed by atoms with Crippen LogP contribution in [0.5, 0.6) is 0 Å². The molecule has 0 atom stereocenters. The number of nitrogens with zero attached hydrogens (tertiary/aromatic N) is 2. The van der Waals surface area contributed by atoms with E-state index in [0.29, 0.717) is 10.2 Å². The lowest BCUT2D eigenvalue weighted by molar-refractivity contribution is 0.539. The van der Waals surface area contributed by atoms with Gasteiger partial charge < -0.3 is 0 Å². The summed E-state index contributed by atoms with van der Waals surface area (Å²) >= 11 is 3.10. The van der Waals surface area contributed by atoms with Crippen LogP contribution in [0, 0.1) is 18.6 Å². The third kappa shape index (κ3) is 2.33. The Morgan fingerprint density at radius 2 is 1.94 bits per heavy atom. The van der Waals surface area contributed by atoms with Crippen LogP contribution >= 0.6 is 15.9 Å². The van der Waals surface area contributed by atoms with Crippen molar-refractivity contribution in [2.24, 2.45) is 0 Å². The Bertz CT molecular complexity index is 635. The Morgan fingerprint density at radius 1 is 1.33 bits per heavy atom. The highest BCUT2D eigenvalue weighted by atomic mass is 79.9. The summed E-state index contributed by atoms with van der Waals surface area (Å²) in [5, 5.41) is 0. The van der Waals surface area contributed by atoms with Crippen LogP contribution in [0.4, 0.5) is 8.78 Å². The van der Waals surface area contributed by atoms with E-state index in [1.165, 1.54) is 12.4 Å². The molecular formula is C12H9BrF2N2O. The zero-order chi connectivity index (χ0) is 13.3. The lowest BCUT2D eigenvalue weighted by Gasteiger charge is -2.08. The molecule has 1 aromatic carbocycles. The van der Waals surface area contributed by atoms with E-state index < -0.39 is 11.6 Å². The first-order valence-electron chi connectivity index (χ1n) is 5.15. The molecular weight excluding hydrogens is 306 g/mol. The second-order valence-corrected chi connectivity index (χ2v) is 4.57. The van der Waals surface area contributed by atoms with Gasteiger partial charge in [-0.05, 0) is 35.0 Å². The van der Waals surface area contributed by atoms with Crippen LogP contribution in [0.15, 0.2) is 33.8 Å². The van der Waals surface area contributed by atoms with Gasteiger partial charge in [-0.3, -0.25) is 9.36 Å². The lowest BCUT2D eigenvalue weighted by Crippen LogP contribution is -2.23. The second-order valence-electron chi connectivity index (χ2n) is 3.78. The average Bonchev–Trinajstić information content (AvgIpc) is 2.34. The number of benzene rings is 1. The van der Waals surface area contributed by atoms with Gasteiger partial charge in [0.25, 0.3) is 5.56 Å². The van der Waals surface area contributed by atoms with Crippen molar-refractivity contribution in [2.45, 2.75) is 13.5 Å². The minimum absolute atomic E-state index is 0.155. The molecule has 0 aliphatic carbocycles. The molecule has 0 aliphatic heterocycles. The molecule has 1 heterocycles. The normalized spacial score (nSPS) is 10.7. The highest BCUT2D eigenvalue weighted by molar-refractivity contribution is 9.10. The zero-order valence-corrected chi connectivity index (χ0v) is 11.0. The Balaban J connectivity index is 2.47. The fourth-order valence-corrected chi connectivity index (χ4v) is 1.84. The van der Waals surface area contributed by atoms with Crippen molar-refractivity contribution in [3.63, 3.8) is 0 Å². The van der Waals surface area contributed by atoms with E-state index >= 15 is 0 Å². The quantitative estimate of drug-likeness (QED) is 0.854. The van der Waals surface area contributed by atoms with Crippen LogP contribution in [-0.4, -0.2) is 9.55 Å². The standard InChI is InChI=1S/C12H9BrF2N2O/c1-7-11(13)12(18)17(6-16-7)5-8-9(14)3-2-4-10(8)15/h2-4,6H,5H2,1H3. The summed E-state index contributed by atoms with van der Waals surface area (Å²) in [6, 6.07) is 3.58. The molecule has 0 fully saturated rings. The van der Waals surface area contributed by atoms with Gasteiger partial charge >= 0.3 is 0 Å². The summed E-state index contributed by atoms with van der Waals surface area (Å²) in [6.07, 6.45) is 1.27. The third-order valence-electron chi connectivity index (χ3n) is 2.55. The number of rotatable bonds is 2. The third-order valence-corrected chi connectivity index (χ3v) is 3.46. The van der Waals surface area contributed by atoms with E-state index in [1.807, 2.05) is 0 Å². The van der Waals surface area contributed by atoms with Crippen molar-refractivity contribution in [3.05, 3.63) is 62.2 Å². The highest BCUT2D eigenvalue weighted by Gasteiger charge is 2.11. The first-order valence-corrected chi connectivity index (χ1v) is 5.94. The monoisotopic (exact) mass is 314 g/mol. The van der Waals surface area contributed by atoms with Gasteiger partial charge in [-0.15, -0.1) is 0 Å². The number of hydrogen-bond acceptors (Lipinski definition) is 2. The van der Waals surface area contributed by atoms with Gasteiger partial charge in [0.05, 0.1) is 18.6 Å². The van der Waals surface area contributed by atoms with Crippen molar-refractivity contribution in [2.75, 3.05) is 0 Å². The molecule has 2 aromatic rings. The van der Waals surface area contributed by atoms with Crippen molar-refractivity contribution in [1.29, 1.82) is 0 Å². The SMILES string of the molecule is Cc1ncn(Cc2c(F)cccc2F)c(=O)c1Br. The van der Waals surface area contributed by atoms with E-state index in [-0.39, 0.29) is 17.7 Å². The molecule has 0 radical (unpaired) electrons. The summed E-state index contributed by atoms with van der Waals surface area (Å²) in [4.78, 5) is 15.8. The summed E-state index contributed by atoms with van der Waals surface area (Å²) in [5.41, 5.74) is 0.00700. The van der Waals surface area contributed by atoms with Crippen LogP contribution in [0.1, 0.15) is 11.3 Å². The molecule has 0 N–H and O–H groups in total. The fourth-order valence-electron chi connectivity index (χ4n) is 1.51. The zero-order valence-electron chi connectivity index (χ0n) is 9.45. The lowest BCUT2D eigenvalue weighted by atomic mass is 10.2. The molecule has 0 saturated carbocycles. The molecule has 0 saturated heterocycles. The molecule has 2 rings (SSSR count). The minimum Gasteiger partial charge on any atom is -0.294 e. The molecule has 3 nitrogen and oxygen atoms in total. The summed E-state index contributed by atoms with van der Waals surface area (Å²) in [6.45, 7) is 1.47. The van der Waals surface area contributed by atoms with Crippen molar-refractivity contribution in [1.82, 2.24) is 9.55 Å². The smallest absolute Gasteiger partial charge is 0.268 e. The fraction of sp³-hybridized carbons (Fsp3) is 0.167. The molecule has 0 bridgehead atoms. The number of hydrogen-bond donors (Lipinski definition) is 0. The van der Waals surface area contributed by atoms with Gasteiger partial charge in [0, 0.05) is 5.56 Å². The second kappa shape index (κ2) is 4.97. The van der Waals surface area contributed by atoms with E-state index in [2.05, 4.69) is 20.9 Å². The van der Waals surface area contributed by atoms with Gasteiger partial charge in [0.2, 0.25) is 0 Å². The average molecular weight is 315 g/mol. The maximum absolute atomic E-state index is 13.5.